The van der Waals surface area contributed by atoms with Crippen molar-refractivity contribution in [1.29, 1.82) is 0 Å². The summed E-state index contributed by atoms with van der Waals surface area (Å²) in [4.78, 5) is 23.4. The Morgan fingerprint density at radius 3 is 2.68 bits per heavy atom. The number of rotatable bonds is 5. The molecule has 19 heavy (non-hydrogen) atoms. The Kier molecular flexibility index (Phi) is 5.11. The highest BCUT2D eigenvalue weighted by Crippen LogP contribution is 2.30. The van der Waals surface area contributed by atoms with Gasteiger partial charge in [0.25, 0.3) is 5.69 Å². The molecular formula is C12H16ClN3O3. The standard InChI is InChI=1S/C12H16ClN3O3/c1-4-15(3)12(17)7-14-10-6-9(13)11(16(18)19)5-8(10)2/h5-6,14H,4,7H2,1-3H3. The molecule has 0 atom stereocenters. The van der Waals surface area contributed by atoms with Gasteiger partial charge >= 0.3 is 0 Å². The van der Waals surface area contributed by atoms with Gasteiger partial charge in [0.15, 0.2) is 0 Å². The lowest BCUT2D eigenvalue weighted by Gasteiger charge is -2.16. The van der Waals surface area contributed by atoms with Gasteiger partial charge in [0.1, 0.15) is 5.02 Å². The number of anilines is 1. The highest BCUT2D eigenvalue weighted by atomic mass is 35.5. The molecule has 0 saturated carbocycles. The fraction of sp³-hybridized carbons (Fsp3) is 0.417. The second kappa shape index (κ2) is 6.38. The SMILES string of the molecule is CCN(C)C(=O)CNc1cc(Cl)c([N+](=O)[O-])cc1C. The molecule has 0 radical (unpaired) electrons. The van der Waals surface area contributed by atoms with Gasteiger partial charge in [-0.15, -0.1) is 0 Å². The number of amides is 1. The lowest BCUT2D eigenvalue weighted by Crippen LogP contribution is -2.32. The van der Waals surface area contributed by atoms with Crippen LogP contribution in [0.2, 0.25) is 5.02 Å². The van der Waals surface area contributed by atoms with Gasteiger partial charge in [0.2, 0.25) is 5.91 Å². The van der Waals surface area contributed by atoms with E-state index in [1.807, 2.05) is 6.92 Å². The fourth-order valence-corrected chi connectivity index (χ4v) is 1.71. The monoisotopic (exact) mass is 285 g/mol. The number of carbonyl (C=O) groups excluding carboxylic acids is 1. The first-order valence-corrected chi connectivity index (χ1v) is 6.17. The van der Waals surface area contributed by atoms with Gasteiger partial charge in [-0.2, -0.15) is 0 Å². The molecule has 0 aliphatic rings. The number of benzene rings is 1. The first kappa shape index (κ1) is 15.2. The van der Waals surface area contributed by atoms with Gasteiger partial charge in [0, 0.05) is 25.3 Å². The molecule has 1 aromatic carbocycles. The highest BCUT2D eigenvalue weighted by Gasteiger charge is 2.15. The maximum atomic E-state index is 11.6. The zero-order valence-corrected chi connectivity index (χ0v) is 11.8. The lowest BCUT2D eigenvalue weighted by atomic mass is 10.1. The van der Waals surface area contributed by atoms with E-state index >= 15 is 0 Å². The molecule has 0 bridgehead atoms. The van der Waals surface area contributed by atoms with Crippen molar-refractivity contribution in [2.45, 2.75) is 13.8 Å². The summed E-state index contributed by atoms with van der Waals surface area (Å²) in [5.74, 6) is -0.0589. The number of nitro benzene ring substituents is 1. The number of hydrogen-bond acceptors (Lipinski definition) is 4. The third-order valence-corrected chi connectivity index (χ3v) is 3.12. The topological polar surface area (TPSA) is 75.5 Å². The van der Waals surface area contributed by atoms with Crippen LogP contribution in [0.3, 0.4) is 0 Å². The van der Waals surface area contributed by atoms with Crippen molar-refractivity contribution >= 4 is 28.9 Å². The minimum Gasteiger partial charge on any atom is -0.376 e. The molecule has 0 spiro atoms. The predicted molar refractivity (Wildman–Crippen MR) is 74.6 cm³/mol. The van der Waals surface area contributed by atoms with Gasteiger partial charge in [-0.25, -0.2) is 0 Å². The Morgan fingerprint density at radius 2 is 2.16 bits per heavy atom. The molecule has 0 aliphatic carbocycles. The van der Waals surface area contributed by atoms with Crippen LogP contribution < -0.4 is 5.32 Å². The summed E-state index contributed by atoms with van der Waals surface area (Å²) in [7, 11) is 1.71. The summed E-state index contributed by atoms with van der Waals surface area (Å²) < 4.78 is 0. The number of nitrogens with zero attached hydrogens (tertiary/aromatic N) is 2. The van der Waals surface area contributed by atoms with Gasteiger partial charge in [-0.1, -0.05) is 11.6 Å². The highest BCUT2D eigenvalue weighted by molar-refractivity contribution is 6.33. The first-order chi connectivity index (χ1) is 8.86. The number of nitrogens with one attached hydrogen (secondary N) is 1. The summed E-state index contributed by atoms with van der Waals surface area (Å²) in [6, 6.07) is 2.85. The number of carbonyl (C=O) groups is 1. The molecule has 0 fully saturated rings. The molecule has 1 N–H and O–H groups in total. The summed E-state index contributed by atoms with van der Waals surface area (Å²) in [6.07, 6.45) is 0. The summed E-state index contributed by atoms with van der Waals surface area (Å²) in [5, 5.41) is 13.7. The van der Waals surface area contributed by atoms with Crippen LogP contribution in [-0.2, 0) is 4.79 Å². The van der Waals surface area contributed by atoms with Crippen LogP contribution in [0.15, 0.2) is 12.1 Å². The Morgan fingerprint density at radius 1 is 1.53 bits per heavy atom. The van der Waals surface area contributed by atoms with Crippen LogP contribution in [-0.4, -0.2) is 35.9 Å². The van der Waals surface area contributed by atoms with Crippen molar-refractivity contribution < 1.29 is 9.72 Å². The molecule has 104 valence electrons. The average Bonchev–Trinajstić information content (AvgIpc) is 2.37. The Balaban J connectivity index is 2.83. The Bertz CT molecular complexity index is 505. The number of hydrogen-bond donors (Lipinski definition) is 1. The second-order valence-electron chi connectivity index (χ2n) is 4.14. The van der Waals surface area contributed by atoms with Crippen molar-refractivity contribution in [3.05, 3.63) is 32.8 Å². The number of likely N-dealkylation sites (N-methyl/N-ethyl adjacent to an activating group) is 1. The molecule has 0 aromatic heterocycles. The number of halogens is 1. The zero-order valence-electron chi connectivity index (χ0n) is 11.1. The van der Waals surface area contributed by atoms with Crippen LogP contribution in [0.5, 0.6) is 0 Å². The minimum atomic E-state index is -0.533. The number of aryl methyl sites for hydroxylation is 1. The largest absolute Gasteiger partial charge is 0.376 e. The predicted octanol–water partition coefficient (Wildman–Crippen LogP) is 2.45. The summed E-state index contributed by atoms with van der Waals surface area (Å²) in [5.41, 5.74) is 1.15. The van der Waals surface area contributed by atoms with E-state index in [1.54, 1.807) is 18.9 Å². The van der Waals surface area contributed by atoms with Crippen LogP contribution >= 0.6 is 11.6 Å². The van der Waals surface area contributed by atoms with Gasteiger partial charge in [-0.05, 0) is 25.5 Å². The van der Waals surface area contributed by atoms with E-state index in [4.69, 9.17) is 11.6 Å². The smallest absolute Gasteiger partial charge is 0.288 e. The van der Waals surface area contributed by atoms with Crippen molar-refractivity contribution in [1.82, 2.24) is 4.90 Å². The molecule has 1 amide bonds. The van der Waals surface area contributed by atoms with Gasteiger partial charge < -0.3 is 10.2 Å². The minimum absolute atomic E-state index is 0.0504. The van der Waals surface area contributed by atoms with Crippen LogP contribution in [0, 0.1) is 17.0 Å². The van der Waals surface area contributed by atoms with Crippen molar-refractivity contribution in [3.63, 3.8) is 0 Å². The van der Waals surface area contributed by atoms with Crippen LogP contribution in [0.25, 0.3) is 0 Å². The van der Waals surface area contributed by atoms with E-state index in [1.165, 1.54) is 12.1 Å². The van der Waals surface area contributed by atoms with E-state index in [-0.39, 0.29) is 23.2 Å². The molecule has 1 rings (SSSR count). The molecule has 0 aliphatic heterocycles. The third-order valence-electron chi connectivity index (χ3n) is 2.82. The molecular weight excluding hydrogens is 270 g/mol. The van der Waals surface area contributed by atoms with E-state index in [2.05, 4.69) is 5.32 Å². The second-order valence-corrected chi connectivity index (χ2v) is 4.54. The van der Waals surface area contributed by atoms with E-state index in [9.17, 15) is 14.9 Å². The van der Waals surface area contributed by atoms with E-state index < -0.39 is 4.92 Å². The van der Waals surface area contributed by atoms with Gasteiger partial charge in [-0.3, -0.25) is 14.9 Å². The van der Waals surface area contributed by atoms with Gasteiger partial charge in [0.05, 0.1) is 11.5 Å². The van der Waals surface area contributed by atoms with E-state index in [0.29, 0.717) is 17.8 Å². The maximum Gasteiger partial charge on any atom is 0.288 e. The van der Waals surface area contributed by atoms with Crippen molar-refractivity contribution in [2.24, 2.45) is 0 Å². The van der Waals surface area contributed by atoms with Crippen LogP contribution in [0.4, 0.5) is 11.4 Å². The molecule has 0 heterocycles. The van der Waals surface area contributed by atoms with Crippen LogP contribution in [0.1, 0.15) is 12.5 Å². The van der Waals surface area contributed by atoms with Crippen molar-refractivity contribution in [3.8, 4) is 0 Å². The fourth-order valence-electron chi connectivity index (χ4n) is 1.48. The molecule has 7 heteroatoms. The Labute approximate surface area is 116 Å². The lowest BCUT2D eigenvalue weighted by molar-refractivity contribution is -0.384. The maximum absolute atomic E-state index is 11.6. The molecule has 6 nitrogen and oxygen atoms in total. The molecule has 0 saturated heterocycles. The summed E-state index contributed by atoms with van der Waals surface area (Å²) >= 11 is 5.82. The normalized spacial score (nSPS) is 10.1. The first-order valence-electron chi connectivity index (χ1n) is 5.79. The number of nitro groups is 1. The van der Waals surface area contributed by atoms with Crippen molar-refractivity contribution in [2.75, 3.05) is 25.5 Å². The zero-order chi connectivity index (χ0) is 14.6. The average molecular weight is 286 g/mol. The molecule has 1 aromatic rings. The summed E-state index contributed by atoms with van der Waals surface area (Å²) in [6.45, 7) is 4.35. The quantitative estimate of drug-likeness (QED) is 0.666. The third kappa shape index (κ3) is 3.82. The Hall–Kier alpha value is -1.82. The van der Waals surface area contributed by atoms with E-state index in [0.717, 1.165) is 0 Å². The molecule has 0 unspecified atom stereocenters.